The number of hydrogen-bond acceptors (Lipinski definition) is 5. The molecule has 3 heterocycles. The number of benzene rings is 2. The van der Waals surface area contributed by atoms with Crippen molar-refractivity contribution in [3.63, 3.8) is 0 Å². The molecular weight excluding hydrogens is 503 g/mol. The van der Waals surface area contributed by atoms with Gasteiger partial charge in [0.1, 0.15) is 6.26 Å². The van der Waals surface area contributed by atoms with Crippen LogP contribution in [0.3, 0.4) is 0 Å². The van der Waals surface area contributed by atoms with Gasteiger partial charge < -0.3 is 4.42 Å². The Morgan fingerprint density at radius 2 is 1.79 bits per heavy atom. The predicted octanol–water partition coefficient (Wildman–Crippen LogP) is 6.39. The SMILES string of the molecule is O=C(CC1CCN(Cc2cocn2)CC1)c1ccc2c(c1)C1=C(CCN(Cc3ccc(C(F)(F)F)cc3)C1)C2. The van der Waals surface area contributed by atoms with E-state index in [1.165, 1.54) is 28.7 Å². The van der Waals surface area contributed by atoms with Crippen LogP contribution in [0.4, 0.5) is 13.2 Å². The van der Waals surface area contributed by atoms with Gasteiger partial charge in [0.05, 0.1) is 11.3 Å². The number of carbonyl (C=O) groups excluding carboxylic acids is 1. The molecule has 2 aromatic carbocycles. The second-order valence-corrected chi connectivity index (χ2v) is 11.1. The summed E-state index contributed by atoms with van der Waals surface area (Å²) in [4.78, 5) is 22.1. The van der Waals surface area contributed by atoms with Crippen LogP contribution in [0.5, 0.6) is 0 Å². The van der Waals surface area contributed by atoms with E-state index in [4.69, 9.17) is 4.42 Å². The molecule has 3 aliphatic rings. The number of carbonyl (C=O) groups is 1. The third kappa shape index (κ3) is 5.87. The minimum absolute atomic E-state index is 0.208. The number of ketones is 1. The van der Waals surface area contributed by atoms with Gasteiger partial charge in [-0.15, -0.1) is 0 Å². The van der Waals surface area contributed by atoms with Crippen molar-refractivity contribution in [1.29, 1.82) is 0 Å². The fraction of sp³-hybridized carbons (Fsp3) is 0.419. The molecular formula is C31H32F3N3O2. The zero-order valence-electron chi connectivity index (χ0n) is 21.8. The van der Waals surface area contributed by atoms with Crippen LogP contribution in [-0.4, -0.2) is 46.7 Å². The van der Waals surface area contributed by atoms with Crippen LogP contribution in [0.2, 0.25) is 0 Å². The van der Waals surface area contributed by atoms with Crippen molar-refractivity contribution >= 4 is 11.4 Å². The molecule has 0 N–H and O–H groups in total. The Hall–Kier alpha value is -3.23. The molecule has 0 bridgehead atoms. The molecule has 1 saturated heterocycles. The first-order valence-corrected chi connectivity index (χ1v) is 13.7. The fourth-order valence-electron chi connectivity index (χ4n) is 6.21. The predicted molar refractivity (Wildman–Crippen MR) is 142 cm³/mol. The molecule has 0 saturated carbocycles. The summed E-state index contributed by atoms with van der Waals surface area (Å²) in [6.45, 7) is 4.95. The Morgan fingerprint density at radius 3 is 2.51 bits per heavy atom. The first-order valence-electron chi connectivity index (χ1n) is 13.7. The first kappa shape index (κ1) is 26.0. The maximum absolute atomic E-state index is 13.3. The monoisotopic (exact) mass is 535 g/mol. The Balaban J connectivity index is 1.07. The van der Waals surface area contributed by atoms with E-state index in [1.807, 2.05) is 6.07 Å². The Labute approximate surface area is 226 Å². The van der Waals surface area contributed by atoms with E-state index < -0.39 is 11.7 Å². The molecule has 5 nitrogen and oxygen atoms in total. The van der Waals surface area contributed by atoms with Gasteiger partial charge in [-0.05, 0) is 85.2 Å². The largest absolute Gasteiger partial charge is 0.451 e. The average molecular weight is 536 g/mol. The van der Waals surface area contributed by atoms with Crippen molar-refractivity contribution in [3.05, 3.63) is 94.2 Å². The topological polar surface area (TPSA) is 49.6 Å². The molecule has 204 valence electrons. The van der Waals surface area contributed by atoms with Crippen molar-refractivity contribution < 1.29 is 22.4 Å². The Kier molecular flexibility index (Phi) is 7.16. The number of fused-ring (bicyclic) bond motifs is 2. The molecule has 3 aromatic rings. The van der Waals surface area contributed by atoms with Crippen LogP contribution in [0, 0.1) is 5.92 Å². The molecule has 8 heteroatoms. The van der Waals surface area contributed by atoms with E-state index in [1.54, 1.807) is 18.4 Å². The summed E-state index contributed by atoms with van der Waals surface area (Å²) in [5, 5.41) is 0. The number of nitrogens with zero attached hydrogens (tertiary/aromatic N) is 3. The summed E-state index contributed by atoms with van der Waals surface area (Å²) in [6, 6.07) is 11.7. The summed E-state index contributed by atoms with van der Waals surface area (Å²) in [6.07, 6.45) is 3.28. The van der Waals surface area contributed by atoms with Crippen molar-refractivity contribution in [2.24, 2.45) is 5.92 Å². The Bertz CT molecular complexity index is 1350. The van der Waals surface area contributed by atoms with Crippen molar-refractivity contribution in [2.75, 3.05) is 26.2 Å². The van der Waals surface area contributed by atoms with E-state index in [2.05, 4.69) is 26.9 Å². The average Bonchev–Trinajstić information content (AvgIpc) is 3.57. The summed E-state index contributed by atoms with van der Waals surface area (Å²) in [5.74, 6) is 0.599. The lowest BCUT2D eigenvalue weighted by Gasteiger charge is -2.31. The first-order chi connectivity index (χ1) is 18.8. The second kappa shape index (κ2) is 10.7. The van der Waals surface area contributed by atoms with Gasteiger partial charge in [0.15, 0.2) is 12.2 Å². The number of likely N-dealkylation sites (tertiary alicyclic amines) is 1. The van der Waals surface area contributed by atoms with E-state index in [-0.39, 0.29) is 5.78 Å². The Morgan fingerprint density at radius 1 is 1.00 bits per heavy atom. The van der Waals surface area contributed by atoms with Gasteiger partial charge in [0.2, 0.25) is 0 Å². The highest BCUT2D eigenvalue weighted by molar-refractivity contribution is 5.97. The van der Waals surface area contributed by atoms with Crippen LogP contribution in [0.15, 0.2) is 65.1 Å². The molecule has 1 aromatic heterocycles. The summed E-state index contributed by atoms with van der Waals surface area (Å²) in [7, 11) is 0. The maximum Gasteiger partial charge on any atom is 0.416 e. The van der Waals surface area contributed by atoms with Crippen LogP contribution in [0.25, 0.3) is 5.57 Å². The fourth-order valence-corrected chi connectivity index (χ4v) is 6.21. The van der Waals surface area contributed by atoms with Crippen LogP contribution in [-0.2, 0) is 25.7 Å². The summed E-state index contributed by atoms with van der Waals surface area (Å²) >= 11 is 0. The summed E-state index contributed by atoms with van der Waals surface area (Å²) < 4.78 is 43.8. The van der Waals surface area contributed by atoms with E-state index in [9.17, 15) is 18.0 Å². The normalized spacial score (nSPS) is 18.8. The third-order valence-electron chi connectivity index (χ3n) is 8.44. The number of halogens is 3. The number of rotatable bonds is 7. The molecule has 6 rings (SSSR count). The number of hydrogen-bond donors (Lipinski definition) is 0. The van der Waals surface area contributed by atoms with E-state index >= 15 is 0 Å². The van der Waals surface area contributed by atoms with Gasteiger partial charge in [-0.1, -0.05) is 29.8 Å². The molecule has 1 aliphatic carbocycles. The highest BCUT2D eigenvalue weighted by Crippen LogP contribution is 2.39. The zero-order chi connectivity index (χ0) is 27.0. The lowest BCUT2D eigenvalue weighted by atomic mass is 9.89. The van der Waals surface area contributed by atoms with Crippen molar-refractivity contribution in [2.45, 2.75) is 51.4 Å². The lowest BCUT2D eigenvalue weighted by molar-refractivity contribution is -0.137. The highest BCUT2D eigenvalue weighted by Gasteiger charge is 2.31. The number of oxazole rings is 1. The van der Waals surface area contributed by atoms with Crippen LogP contribution < -0.4 is 0 Å². The molecule has 0 unspecified atom stereocenters. The van der Waals surface area contributed by atoms with Gasteiger partial charge in [-0.2, -0.15) is 13.2 Å². The van der Waals surface area contributed by atoms with Gasteiger partial charge in [0, 0.05) is 38.2 Å². The minimum atomic E-state index is -4.32. The number of alkyl halides is 3. The van der Waals surface area contributed by atoms with Crippen LogP contribution >= 0.6 is 0 Å². The smallest absolute Gasteiger partial charge is 0.416 e. The third-order valence-corrected chi connectivity index (χ3v) is 8.44. The minimum Gasteiger partial charge on any atom is -0.451 e. The molecule has 1 fully saturated rings. The van der Waals surface area contributed by atoms with Gasteiger partial charge >= 0.3 is 6.18 Å². The number of aromatic nitrogens is 1. The quantitative estimate of drug-likeness (QED) is 0.328. The highest BCUT2D eigenvalue weighted by atomic mass is 19.4. The van der Waals surface area contributed by atoms with Gasteiger partial charge in [0.25, 0.3) is 0 Å². The maximum atomic E-state index is 13.3. The van der Waals surface area contributed by atoms with E-state index in [0.29, 0.717) is 18.9 Å². The van der Waals surface area contributed by atoms with Crippen molar-refractivity contribution in [3.8, 4) is 0 Å². The molecule has 2 aliphatic heterocycles. The second-order valence-electron chi connectivity index (χ2n) is 11.1. The molecule has 0 amide bonds. The van der Waals surface area contributed by atoms with Gasteiger partial charge in [-0.3, -0.25) is 14.6 Å². The van der Waals surface area contributed by atoms with Crippen molar-refractivity contribution in [1.82, 2.24) is 14.8 Å². The zero-order valence-corrected chi connectivity index (χ0v) is 21.8. The standard InChI is InChI=1S/C31H32F3N3O2/c32-31(33,34)26-5-1-22(2-6-26)16-37-12-9-24-14-23-3-4-25(15-28(23)29(24)18-37)30(38)13-21-7-10-36(11-8-21)17-27-19-39-20-35-27/h1-6,15,19-21H,7-14,16-18H2. The van der Waals surface area contributed by atoms with E-state index in [0.717, 1.165) is 87.4 Å². The molecule has 0 radical (unpaired) electrons. The lowest BCUT2D eigenvalue weighted by Crippen LogP contribution is -2.34. The summed E-state index contributed by atoms with van der Waals surface area (Å²) in [5.41, 5.74) is 7.15. The van der Waals surface area contributed by atoms with Gasteiger partial charge in [-0.25, -0.2) is 4.98 Å². The molecule has 39 heavy (non-hydrogen) atoms. The molecule has 0 atom stereocenters. The molecule has 0 spiro atoms. The van der Waals surface area contributed by atoms with Crippen LogP contribution in [0.1, 0.15) is 64.0 Å². The number of Topliss-reactive ketones (excluding diaryl/α,β-unsaturated/α-hetero) is 1. The number of piperidine rings is 1.